The van der Waals surface area contributed by atoms with E-state index in [1.54, 1.807) is 36.8 Å². The van der Waals surface area contributed by atoms with Crippen molar-refractivity contribution in [1.82, 2.24) is 25.3 Å². The van der Waals surface area contributed by atoms with Crippen molar-refractivity contribution in [3.8, 4) is 5.75 Å². The van der Waals surface area contributed by atoms with Gasteiger partial charge in [0.05, 0.1) is 10.7 Å². The molecule has 5 rings (SSSR count). The monoisotopic (exact) mass is 562 g/mol. The SMILES string of the molecule is CC(=O)NCCNc1nccc(N2CCc3ncnc(Nc4ccc(OCc5cccc(F)c5)c(Cl)c4)c3C2)n1. The van der Waals surface area contributed by atoms with Gasteiger partial charge in [0.1, 0.15) is 36.1 Å². The van der Waals surface area contributed by atoms with E-state index in [0.717, 1.165) is 35.7 Å². The minimum atomic E-state index is -0.311. The number of carbonyl (C=O) groups excluding carboxylic acids is 1. The highest BCUT2D eigenvalue weighted by Crippen LogP contribution is 2.32. The van der Waals surface area contributed by atoms with Crippen molar-refractivity contribution in [3.63, 3.8) is 0 Å². The van der Waals surface area contributed by atoms with E-state index in [1.807, 2.05) is 12.1 Å². The van der Waals surface area contributed by atoms with Gasteiger partial charge in [-0.15, -0.1) is 0 Å². The lowest BCUT2D eigenvalue weighted by molar-refractivity contribution is -0.118. The van der Waals surface area contributed by atoms with Crippen LogP contribution in [0.15, 0.2) is 61.1 Å². The van der Waals surface area contributed by atoms with Gasteiger partial charge in [-0.05, 0) is 42.0 Å². The molecule has 0 bridgehead atoms. The van der Waals surface area contributed by atoms with E-state index in [9.17, 15) is 9.18 Å². The van der Waals surface area contributed by atoms with Crippen LogP contribution in [0.4, 0.5) is 27.7 Å². The molecule has 3 N–H and O–H groups in total. The number of halogens is 2. The van der Waals surface area contributed by atoms with Gasteiger partial charge < -0.3 is 25.6 Å². The van der Waals surface area contributed by atoms with Gasteiger partial charge in [0, 0.05) is 57.0 Å². The number of hydrogen-bond acceptors (Lipinski definition) is 9. The number of anilines is 4. The summed E-state index contributed by atoms with van der Waals surface area (Å²) in [7, 11) is 0. The summed E-state index contributed by atoms with van der Waals surface area (Å²) < 4.78 is 19.2. The zero-order valence-electron chi connectivity index (χ0n) is 21.8. The summed E-state index contributed by atoms with van der Waals surface area (Å²) in [5.74, 6) is 2.06. The lowest BCUT2D eigenvalue weighted by Crippen LogP contribution is -2.32. The van der Waals surface area contributed by atoms with Crippen molar-refractivity contribution in [3.05, 3.63) is 88.7 Å². The number of benzene rings is 2. The van der Waals surface area contributed by atoms with E-state index in [1.165, 1.54) is 19.1 Å². The van der Waals surface area contributed by atoms with Crippen LogP contribution >= 0.6 is 11.6 Å². The van der Waals surface area contributed by atoms with Crippen LogP contribution in [0.5, 0.6) is 5.75 Å². The Kier molecular flexibility index (Phi) is 8.50. The molecule has 40 heavy (non-hydrogen) atoms. The molecule has 0 spiro atoms. The molecule has 2 aromatic heterocycles. The summed E-state index contributed by atoms with van der Waals surface area (Å²) in [5, 5.41) is 9.65. The molecule has 0 unspecified atom stereocenters. The Balaban J connectivity index is 1.25. The van der Waals surface area contributed by atoms with Crippen LogP contribution in [-0.4, -0.2) is 45.5 Å². The lowest BCUT2D eigenvalue weighted by atomic mass is 10.1. The predicted molar refractivity (Wildman–Crippen MR) is 151 cm³/mol. The molecule has 2 aromatic carbocycles. The first kappa shape index (κ1) is 27.1. The van der Waals surface area contributed by atoms with Gasteiger partial charge in [0.2, 0.25) is 11.9 Å². The lowest BCUT2D eigenvalue weighted by Gasteiger charge is -2.30. The maximum atomic E-state index is 13.4. The molecule has 206 valence electrons. The van der Waals surface area contributed by atoms with Crippen LogP contribution in [0.3, 0.4) is 0 Å². The number of rotatable bonds is 10. The molecular weight excluding hydrogens is 535 g/mol. The van der Waals surface area contributed by atoms with E-state index < -0.39 is 0 Å². The summed E-state index contributed by atoms with van der Waals surface area (Å²) in [5.41, 5.74) is 3.40. The Morgan fingerprint density at radius 1 is 1.12 bits per heavy atom. The molecule has 0 saturated carbocycles. The molecule has 10 nitrogen and oxygen atoms in total. The molecule has 0 aliphatic carbocycles. The minimum Gasteiger partial charge on any atom is -0.487 e. The topological polar surface area (TPSA) is 117 Å². The first-order valence-electron chi connectivity index (χ1n) is 12.8. The van der Waals surface area contributed by atoms with Crippen LogP contribution in [0.1, 0.15) is 23.7 Å². The van der Waals surface area contributed by atoms with Crippen LogP contribution in [0.2, 0.25) is 5.02 Å². The predicted octanol–water partition coefficient (Wildman–Crippen LogP) is 4.49. The molecule has 1 aliphatic rings. The van der Waals surface area contributed by atoms with E-state index in [4.69, 9.17) is 16.3 Å². The van der Waals surface area contributed by atoms with Gasteiger partial charge in [-0.1, -0.05) is 23.7 Å². The Labute approximate surface area is 236 Å². The average molecular weight is 563 g/mol. The van der Waals surface area contributed by atoms with Crippen molar-refractivity contribution >= 4 is 40.8 Å². The van der Waals surface area contributed by atoms with Crippen molar-refractivity contribution in [2.45, 2.75) is 26.5 Å². The smallest absolute Gasteiger partial charge is 0.224 e. The Morgan fingerprint density at radius 3 is 2.85 bits per heavy atom. The van der Waals surface area contributed by atoms with Gasteiger partial charge in [-0.3, -0.25) is 4.79 Å². The zero-order valence-corrected chi connectivity index (χ0v) is 22.6. The molecule has 12 heteroatoms. The third-order valence-electron chi connectivity index (χ3n) is 6.23. The summed E-state index contributed by atoms with van der Waals surface area (Å²) in [4.78, 5) is 31.1. The standard InChI is InChI=1S/C28H28ClFN8O2/c1-18(39)31-10-11-33-28-32-9-7-26(37-28)38-12-8-24-22(15-38)27(35-17-34-24)36-21-5-6-25(23(29)14-21)40-16-19-3-2-4-20(30)13-19/h2-7,9,13-14,17H,8,10-12,15-16H2,1H3,(H,31,39)(H,32,33,37)(H,34,35,36). The maximum absolute atomic E-state index is 13.4. The maximum Gasteiger partial charge on any atom is 0.224 e. The highest BCUT2D eigenvalue weighted by Gasteiger charge is 2.23. The van der Waals surface area contributed by atoms with Crippen LogP contribution in [0, 0.1) is 5.82 Å². The van der Waals surface area contributed by atoms with Crippen LogP contribution in [0.25, 0.3) is 0 Å². The fourth-order valence-electron chi connectivity index (χ4n) is 4.29. The number of carbonyl (C=O) groups is 1. The Hall–Kier alpha value is -4.51. The molecule has 0 saturated heterocycles. The fraction of sp³-hybridized carbons (Fsp3) is 0.250. The second kappa shape index (κ2) is 12.6. The van der Waals surface area contributed by atoms with E-state index >= 15 is 0 Å². The van der Waals surface area contributed by atoms with Gasteiger partial charge in [-0.2, -0.15) is 4.98 Å². The van der Waals surface area contributed by atoms with E-state index in [-0.39, 0.29) is 18.3 Å². The molecule has 3 heterocycles. The molecule has 0 atom stereocenters. The van der Waals surface area contributed by atoms with Crippen molar-refractivity contribution in [2.75, 3.05) is 35.2 Å². The van der Waals surface area contributed by atoms with Gasteiger partial charge in [0.25, 0.3) is 0 Å². The van der Waals surface area contributed by atoms with E-state index in [2.05, 4.69) is 40.8 Å². The average Bonchev–Trinajstić information content (AvgIpc) is 2.95. The third kappa shape index (κ3) is 6.92. The third-order valence-corrected chi connectivity index (χ3v) is 6.52. The fourth-order valence-corrected chi connectivity index (χ4v) is 4.52. The van der Waals surface area contributed by atoms with Gasteiger partial charge in [0.15, 0.2) is 0 Å². The van der Waals surface area contributed by atoms with Crippen molar-refractivity contribution < 1.29 is 13.9 Å². The summed E-state index contributed by atoms with van der Waals surface area (Å²) in [6.45, 7) is 3.99. The Morgan fingerprint density at radius 2 is 2.02 bits per heavy atom. The number of amides is 1. The second-order valence-corrected chi connectivity index (χ2v) is 9.56. The van der Waals surface area contributed by atoms with E-state index in [0.29, 0.717) is 47.7 Å². The van der Waals surface area contributed by atoms with Crippen LogP contribution in [-0.2, 0) is 24.4 Å². The molecule has 1 aliphatic heterocycles. The summed E-state index contributed by atoms with van der Waals surface area (Å²) >= 11 is 6.49. The Bertz CT molecular complexity index is 1510. The van der Waals surface area contributed by atoms with Crippen molar-refractivity contribution in [2.24, 2.45) is 0 Å². The molecular formula is C28H28ClFN8O2. The normalized spacial score (nSPS) is 12.4. The number of hydrogen-bond donors (Lipinski definition) is 3. The highest BCUT2D eigenvalue weighted by molar-refractivity contribution is 6.32. The second-order valence-electron chi connectivity index (χ2n) is 9.16. The van der Waals surface area contributed by atoms with Crippen molar-refractivity contribution in [1.29, 1.82) is 0 Å². The minimum absolute atomic E-state index is 0.0810. The number of nitrogens with zero attached hydrogens (tertiary/aromatic N) is 5. The van der Waals surface area contributed by atoms with Gasteiger partial charge >= 0.3 is 0 Å². The zero-order chi connectivity index (χ0) is 27.9. The number of fused-ring (bicyclic) bond motifs is 1. The highest BCUT2D eigenvalue weighted by atomic mass is 35.5. The number of nitrogens with one attached hydrogen (secondary N) is 3. The molecule has 0 fully saturated rings. The van der Waals surface area contributed by atoms with Gasteiger partial charge in [-0.25, -0.2) is 19.3 Å². The summed E-state index contributed by atoms with van der Waals surface area (Å²) in [6, 6.07) is 13.5. The summed E-state index contributed by atoms with van der Waals surface area (Å²) in [6.07, 6.45) is 3.99. The van der Waals surface area contributed by atoms with Crippen LogP contribution < -0.4 is 25.6 Å². The first-order valence-corrected chi connectivity index (χ1v) is 13.2. The molecule has 1 amide bonds. The number of aromatic nitrogens is 4. The largest absolute Gasteiger partial charge is 0.487 e. The molecule has 4 aromatic rings. The first-order chi connectivity index (χ1) is 19.4. The molecule has 0 radical (unpaired) electrons. The quantitative estimate of drug-likeness (QED) is 0.240. The number of ether oxygens (including phenoxy) is 1.